The molecule has 0 bridgehead atoms. The Morgan fingerprint density at radius 1 is 1.00 bits per heavy atom. The molecule has 2 aromatic carbocycles. The first kappa shape index (κ1) is 19.5. The van der Waals surface area contributed by atoms with Crippen molar-refractivity contribution >= 4 is 5.91 Å². The molecular weight excluding hydrogens is 336 g/mol. The Morgan fingerprint density at radius 3 is 2.37 bits per heavy atom. The Balaban J connectivity index is 1.63. The van der Waals surface area contributed by atoms with E-state index in [1.165, 1.54) is 22.3 Å². The van der Waals surface area contributed by atoms with Crippen LogP contribution < -0.4 is 5.73 Å². The summed E-state index contributed by atoms with van der Waals surface area (Å²) < 4.78 is 0. The normalized spacial score (nSPS) is 16.0. The zero-order valence-corrected chi connectivity index (χ0v) is 16.4. The number of nitrogens with two attached hydrogens (primary N) is 1. The highest BCUT2D eigenvalue weighted by molar-refractivity contribution is 5.75. The molecule has 0 spiro atoms. The molecule has 144 valence electrons. The maximum absolute atomic E-state index is 11.1. The van der Waals surface area contributed by atoms with Crippen LogP contribution in [0.15, 0.2) is 48.5 Å². The summed E-state index contributed by atoms with van der Waals surface area (Å²) in [7, 11) is 4.09. The number of amides is 1. The van der Waals surface area contributed by atoms with Crippen molar-refractivity contribution < 1.29 is 4.79 Å². The van der Waals surface area contributed by atoms with Gasteiger partial charge in [0.2, 0.25) is 5.91 Å². The average Bonchev–Trinajstić information content (AvgIpc) is 2.64. The zero-order chi connectivity index (χ0) is 19.2. The number of carbonyl (C=O) groups is 1. The predicted molar refractivity (Wildman–Crippen MR) is 110 cm³/mol. The molecule has 1 heterocycles. The number of hydrogen-bond donors (Lipinski definition) is 1. The Morgan fingerprint density at radius 2 is 1.70 bits per heavy atom. The van der Waals surface area contributed by atoms with Crippen LogP contribution in [0.4, 0.5) is 0 Å². The summed E-state index contributed by atoms with van der Waals surface area (Å²) in [6, 6.07) is 17.4. The molecule has 5 heteroatoms. The molecule has 0 aliphatic carbocycles. The molecule has 0 aromatic heterocycles. The van der Waals surface area contributed by atoms with Gasteiger partial charge in [0, 0.05) is 39.3 Å². The second kappa shape index (κ2) is 9.13. The van der Waals surface area contributed by atoms with Crippen molar-refractivity contribution in [1.29, 1.82) is 0 Å². The van der Waals surface area contributed by atoms with Gasteiger partial charge in [0.15, 0.2) is 0 Å². The molecule has 5 nitrogen and oxygen atoms in total. The summed E-state index contributed by atoms with van der Waals surface area (Å²) in [5.41, 5.74) is 10.2. The Hall–Kier alpha value is -2.21. The molecular formula is C22H30N4O. The van der Waals surface area contributed by atoms with Crippen LogP contribution >= 0.6 is 0 Å². The maximum atomic E-state index is 11.1. The minimum Gasteiger partial charge on any atom is -0.369 e. The Bertz CT molecular complexity index is 751. The third kappa shape index (κ3) is 5.89. The van der Waals surface area contributed by atoms with Crippen molar-refractivity contribution in [2.45, 2.75) is 13.1 Å². The van der Waals surface area contributed by atoms with Crippen molar-refractivity contribution in [3.63, 3.8) is 0 Å². The first-order chi connectivity index (χ1) is 13.0. The van der Waals surface area contributed by atoms with Gasteiger partial charge in [-0.1, -0.05) is 42.5 Å². The van der Waals surface area contributed by atoms with E-state index < -0.39 is 0 Å². The quantitative estimate of drug-likeness (QED) is 0.815. The third-order valence-electron chi connectivity index (χ3n) is 5.09. The molecule has 27 heavy (non-hydrogen) atoms. The fraction of sp³-hybridized carbons (Fsp3) is 0.409. The molecule has 0 unspecified atom stereocenters. The van der Waals surface area contributed by atoms with Crippen molar-refractivity contribution in [2.75, 3.05) is 46.8 Å². The van der Waals surface area contributed by atoms with E-state index >= 15 is 0 Å². The Kier molecular flexibility index (Phi) is 6.61. The molecule has 1 aliphatic heterocycles. The number of primary amides is 1. The molecule has 2 aromatic rings. The number of likely N-dealkylation sites (N-methyl/N-ethyl adjacent to an activating group) is 2. The smallest absolute Gasteiger partial charge is 0.231 e. The standard InChI is InChI=1S/C22H30N4O/c1-24-10-12-26(13-11-24)16-18-6-8-20(9-7-18)21-5-3-4-19(14-21)15-25(2)17-22(23)27/h3-9,14H,10-13,15-17H2,1-2H3,(H2,23,27). The number of nitrogens with zero attached hydrogens (tertiary/aromatic N) is 3. The summed E-state index contributed by atoms with van der Waals surface area (Å²) in [5.74, 6) is -0.301. The summed E-state index contributed by atoms with van der Waals surface area (Å²) in [5, 5.41) is 0. The molecule has 1 fully saturated rings. The average molecular weight is 367 g/mol. The molecule has 0 saturated carbocycles. The summed E-state index contributed by atoms with van der Waals surface area (Å²) in [4.78, 5) is 17.9. The van der Waals surface area contributed by atoms with Crippen molar-refractivity contribution in [2.24, 2.45) is 5.73 Å². The van der Waals surface area contributed by atoms with E-state index in [2.05, 4.69) is 65.4 Å². The van der Waals surface area contributed by atoms with Crippen LogP contribution in [0.3, 0.4) is 0 Å². The van der Waals surface area contributed by atoms with Gasteiger partial charge in [0.25, 0.3) is 0 Å². The molecule has 0 atom stereocenters. The fourth-order valence-electron chi connectivity index (χ4n) is 3.55. The van der Waals surface area contributed by atoms with Gasteiger partial charge in [-0.15, -0.1) is 0 Å². The minimum absolute atomic E-state index is 0.269. The molecule has 3 rings (SSSR count). The van der Waals surface area contributed by atoms with Crippen LogP contribution in [0, 0.1) is 0 Å². The molecule has 0 radical (unpaired) electrons. The van der Waals surface area contributed by atoms with Gasteiger partial charge in [-0.3, -0.25) is 14.6 Å². The SMILES string of the molecule is CN1CCN(Cc2ccc(-c3cccc(CN(C)CC(N)=O)c3)cc2)CC1. The topological polar surface area (TPSA) is 52.8 Å². The van der Waals surface area contributed by atoms with Gasteiger partial charge in [0.1, 0.15) is 0 Å². The van der Waals surface area contributed by atoms with E-state index in [0.717, 1.165) is 32.7 Å². The second-order valence-electron chi connectivity index (χ2n) is 7.62. The lowest BCUT2D eigenvalue weighted by Gasteiger charge is -2.32. The summed E-state index contributed by atoms with van der Waals surface area (Å²) in [6.45, 7) is 6.57. The van der Waals surface area contributed by atoms with E-state index in [0.29, 0.717) is 6.54 Å². The zero-order valence-electron chi connectivity index (χ0n) is 16.4. The van der Waals surface area contributed by atoms with Crippen LogP contribution in [-0.2, 0) is 17.9 Å². The first-order valence-corrected chi connectivity index (χ1v) is 9.55. The largest absolute Gasteiger partial charge is 0.369 e. The van der Waals surface area contributed by atoms with Gasteiger partial charge in [-0.2, -0.15) is 0 Å². The lowest BCUT2D eigenvalue weighted by Crippen LogP contribution is -2.43. The van der Waals surface area contributed by atoms with Gasteiger partial charge < -0.3 is 10.6 Å². The van der Waals surface area contributed by atoms with Crippen molar-refractivity contribution in [3.05, 3.63) is 59.7 Å². The van der Waals surface area contributed by atoms with Crippen molar-refractivity contribution in [3.8, 4) is 11.1 Å². The van der Waals surface area contributed by atoms with Gasteiger partial charge >= 0.3 is 0 Å². The van der Waals surface area contributed by atoms with Crippen LogP contribution in [0.2, 0.25) is 0 Å². The van der Waals surface area contributed by atoms with E-state index in [4.69, 9.17) is 5.73 Å². The second-order valence-corrected chi connectivity index (χ2v) is 7.62. The van der Waals surface area contributed by atoms with Gasteiger partial charge in [-0.25, -0.2) is 0 Å². The van der Waals surface area contributed by atoms with Crippen LogP contribution in [0.5, 0.6) is 0 Å². The van der Waals surface area contributed by atoms with E-state index in [1.54, 1.807) is 0 Å². The number of carbonyl (C=O) groups excluding carboxylic acids is 1. The number of piperazine rings is 1. The van der Waals surface area contributed by atoms with E-state index in [9.17, 15) is 4.79 Å². The highest BCUT2D eigenvalue weighted by Crippen LogP contribution is 2.22. The predicted octanol–water partition coefficient (Wildman–Crippen LogP) is 2.02. The lowest BCUT2D eigenvalue weighted by molar-refractivity contribution is -0.118. The molecule has 2 N–H and O–H groups in total. The van der Waals surface area contributed by atoms with Crippen LogP contribution in [0.25, 0.3) is 11.1 Å². The number of rotatable bonds is 7. The molecule has 1 saturated heterocycles. The summed E-state index contributed by atoms with van der Waals surface area (Å²) in [6.07, 6.45) is 0. The van der Waals surface area contributed by atoms with Crippen LogP contribution in [0.1, 0.15) is 11.1 Å². The monoisotopic (exact) mass is 366 g/mol. The highest BCUT2D eigenvalue weighted by atomic mass is 16.1. The minimum atomic E-state index is -0.301. The molecule has 1 aliphatic rings. The number of benzene rings is 2. The number of hydrogen-bond acceptors (Lipinski definition) is 4. The summed E-state index contributed by atoms with van der Waals surface area (Å²) >= 11 is 0. The fourth-order valence-corrected chi connectivity index (χ4v) is 3.55. The Labute approximate surface area is 162 Å². The lowest BCUT2D eigenvalue weighted by atomic mass is 10.0. The third-order valence-corrected chi connectivity index (χ3v) is 5.09. The maximum Gasteiger partial charge on any atom is 0.231 e. The molecule has 1 amide bonds. The first-order valence-electron chi connectivity index (χ1n) is 9.55. The van der Waals surface area contributed by atoms with Gasteiger partial charge in [-0.05, 0) is 42.4 Å². The van der Waals surface area contributed by atoms with E-state index in [1.807, 2.05) is 11.9 Å². The van der Waals surface area contributed by atoms with Crippen molar-refractivity contribution in [1.82, 2.24) is 14.7 Å². The van der Waals surface area contributed by atoms with E-state index in [-0.39, 0.29) is 12.5 Å². The highest BCUT2D eigenvalue weighted by Gasteiger charge is 2.13. The van der Waals surface area contributed by atoms with Gasteiger partial charge in [0.05, 0.1) is 6.54 Å². The van der Waals surface area contributed by atoms with Crippen LogP contribution in [-0.4, -0.2) is 67.4 Å².